The zero-order valence-electron chi connectivity index (χ0n) is 10.4. The average Bonchev–Trinajstić information content (AvgIpc) is 3.16. The molecule has 19 heavy (non-hydrogen) atoms. The molecule has 0 spiro atoms. The molecule has 0 bridgehead atoms. The fourth-order valence-electron chi connectivity index (χ4n) is 2.88. The normalized spacial score (nSPS) is 28.1. The molecule has 3 rings (SSSR count). The molecule has 1 saturated heterocycles. The van der Waals surface area contributed by atoms with Crippen molar-refractivity contribution in [2.24, 2.45) is 11.3 Å². The van der Waals surface area contributed by atoms with Gasteiger partial charge in [0.1, 0.15) is 11.9 Å². The Morgan fingerprint density at radius 1 is 1.58 bits per heavy atom. The third-order valence-electron chi connectivity index (χ3n) is 4.17. The van der Waals surface area contributed by atoms with Gasteiger partial charge in [-0.2, -0.15) is 5.26 Å². The Kier molecular flexibility index (Phi) is 2.76. The van der Waals surface area contributed by atoms with Crippen LogP contribution in [0.15, 0.2) is 18.2 Å². The van der Waals surface area contributed by atoms with Crippen LogP contribution >= 0.6 is 0 Å². The van der Waals surface area contributed by atoms with Crippen LogP contribution in [0.5, 0.6) is 0 Å². The number of nitrogens with one attached hydrogen (secondary N) is 2. The van der Waals surface area contributed by atoms with Crippen molar-refractivity contribution in [3.8, 4) is 6.07 Å². The van der Waals surface area contributed by atoms with Crippen molar-refractivity contribution in [1.82, 2.24) is 5.32 Å². The number of hydrogen-bond donors (Lipinski definition) is 2. The molecule has 1 aliphatic carbocycles. The molecule has 0 aromatic heterocycles. The molecule has 1 amide bonds. The molecule has 4 nitrogen and oxygen atoms in total. The number of benzene rings is 1. The number of fused-ring (bicyclic) bond motifs is 1. The molecule has 1 saturated carbocycles. The number of carbonyl (C=O) groups is 1. The first-order chi connectivity index (χ1) is 9.15. The van der Waals surface area contributed by atoms with Gasteiger partial charge in [-0.3, -0.25) is 4.79 Å². The number of amides is 1. The number of nitriles is 1. The monoisotopic (exact) mass is 259 g/mol. The zero-order valence-corrected chi connectivity index (χ0v) is 10.4. The average molecular weight is 259 g/mol. The molecule has 2 N–H and O–H groups in total. The van der Waals surface area contributed by atoms with E-state index in [4.69, 9.17) is 5.26 Å². The predicted molar refractivity (Wildman–Crippen MR) is 67.8 cm³/mol. The van der Waals surface area contributed by atoms with Gasteiger partial charge in [0.05, 0.1) is 11.0 Å². The standard InChI is InChI=1S/C14H14FN3O/c15-12-2-1-11(5-9(12)7-16)18-13(19)14-3-4-17-8-10(14)6-14/h1-2,5,10,17H,3-4,6,8H2,(H,18,19)/t10?,14-/m1/s1. The lowest BCUT2D eigenvalue weighted by atomic mass is 9.95. The summed E-state index contributed by atoms with van der Waals surface area (Å²) >= 11 is 0. The summed E-state index contributed by atoms with van der Waals surface area (Å²) in [7, 11) is 0. The molecular formula is C14H14FN3O. The number of piperidine rings is 1. The second kappa shape index (κ2) is 4.32. The molecule has 1 aromatic carbocycles. The number of rotatable bonds is 2. The van der Waals surface area contributed by atoms with Gasteiger partial charge in [0.15, 0.2) is 0 Å². The van der Waals surface area contributed by atoms with E-state index in [1.165, 1.54) is 18.2 Å². The van der Waals surface area contributed by atoms with Gasteiger partial charge in [0.2, 0.25) is 5.91 Å². The van der Waals surface area contributed by atoms with Gasteiger partial charge in [0.25, 0.3) is 0 Å². The molecule has 2 aliphatic rings. The molecular weight excluding hydrogens is 245 g/mol. The maximum absolute atomic E-state index is 13.2. The lowest BCUT2D eigenvalue weighted by Crippen LogP contribution is -2.36. The minimum absolute atomic E-state index is 0.00509. The second-order valence-corrected chi connectivity index (χ2v) is 5.27. The largest absolute Gasteiger partial charge is 0.326 e. The molecule has 1 unspecified atom stereocenters. The van der Waals surface area contributed by atoms with E-state index in [-0.39, 0.29) is 16.9 Å². The zero-order chi connectivity index (χ0) is 13.5. The third kappa shape index (κ3) is 1.98. The number of anilines is 1. The SMILES string of the molecule is N#Cc1cc(NC(=O)[C@@]23CCNCC2C3)ccc1F. The number of hydrogen-bond acceptors (Lipinski definition) is 3. The van der Waals surface area contributed by atoms with Gasteiger partial charge < -0.3 is 10.6 Å². The van der Waals surface area contributed by atoms with Gasteiger partial charge in [-0.25, -0.2) is 4.39 Å². The Balaban J connectivity index is 1.75. The Morgan fingerprint density at radius 3 is 3.16 bits per heavy atom. The highest BCUT2D eigenvalue weighted by molar-refractivity contribution is 5.97. The van der Waals surface area contributed by atoms with Gasteiger partial charge in [-0.05, 0) is 50.0 Å². The highest BCUT2D eigenvalue weighted by Crippen LogP contribution is 2.56. The van der Waals surface area contributed by atoms with Crippen molar-refractivity contribution >= 4 is 11.6 Å². The molecule has 1 aromatic rings. The summed E-state index contributed by atoms with van der Waals surface area (Å²) in [6.45, 7) is 1.75. The van der Waals surface area contributed by atoms with E-state index >= 15 is 0 Å². The Morgan fingerprint density at radius 2 is 2.42 bits per heavy atom. The number of nitrogens with zero attached hydrogens (tertiary/aromatic N) is 1. The van der Waals surface area contributed by atoms with Crippen molar-refractivity contribution in [3.05, 3.63) is 29.6 Å². The van der Waals surface area contributed by atoms with Crippen molar-refractivity contribution < 1.29 is 9.18 Å². The molecule has 0 radical (unpaired) electrons. The predicted octanol–water partition coefficient (Wildman–Crippen LogP) is 1.64. The van der Waals surface area contributed by atoms with Gasteiger partial charge in [-0.15, -0.1) is 0 Å². The van der Waals surface area contributed by atoms with Crippen LogP contribution in [0.1, 0.15) is 18.4 Å². The van der Waals surface area contributed by atoms with E-state index in [2.05, 4.69) is 10.6 Å². The first-order valence-electron chi connectivity index (χ1n) is 6.37. The summed E-state index contributed by atoms with van der Waals surface area (Å²) in [4.78, 5) is 12.3. The third-order valence-corrected chi connectivity index (χ3v) is 4.17. The van der Waals surface area contributed by atoms with E-state index in [1.807, 2.05) is 0 Å². The van der Waals surface area contributed by atoms with Crippen LogP contribution in [0.2, 0.25) is 0 Å². The second-order valence-electron chi connectivity index (χ2n) is 5.27. The van der Waals surface area contributed by atoms with E-state index in [0.717, 1.165) is 25.9 Å². The maximum Gasteiger partial charge on any atom is 0.230 e. The van der Waals surface area contributed by atoms with Crippen molar-refractivity contribution in [2.75, 3.05) is 18.4 Å². The molecule has 2 fully saturated rings. The first-order valence-corrected chi connectivity index (χ1v) is 6.37. The Bertz CT molecular complexity index is 581. The minimum Gasteiger partial charge on any atom is -0.326 e. The summed E-state index contributed by atoms with van der Waals surface area (Å²) in [6, 6.07) is 5.85. The Labute approximate surface area is 110 Å². The molecule has 1 aliphatic heterocycles. The maximum atomic E-state index is 13.2. The van der Waals surface area contributed by atoms with Crippen LogP contribution in [0.4, 0.5) is 10.1 Å². The highest BCUT2D eigenvalue weighted by Gasteiger charge is 2.60. The van der Waals surface area contributed by atoms with E-state index in [0.29, 0.717) is 11.6 Å². The van der Waals surface area contributed by atoms with E-state index in [1.54, 1.807) is 6.07 Å². The van der Waals surface area contributed by atoms with Gasteiger partial charge in [0, 0.05) is 5.69 Å². The molecule has 5 heteroatoms. The highest BCUT2D eigenvalue weighted by atomic mass is 19.1. The van der Waals surface area contributed by atoms with Crippen LogP contribution in [-0.4, -0.2) is 19.0 Å². The smallest absolute Gasteiger partial charge is 0.230 e. The van der Waals surface area contributed by atoms with Gasteiger partial charge >= 0.3 is 0 Å². The first kappa shape index (κ1) is 12.1. The van der Waals surface area contributed by atoms with Crippen LogP contribution in [0.3, 0.4) is 0 Å². The van der Waals surface area contributed by atoms with Crippen LogP contribution in [-0.2, 0) is 4.79 Å². The van der Waals surface area contributed by atoms with E-state index in [9.17, 15) is 9.18 Å². The minimum atomic E-state index is -0.565. The summed E-state index contributed by atoms with van der Waals surface area (Å²) in [5, 5.41) is 14.9. The summed E-state index contributed by atoms with van der Waals surface area (Å²) in [6.07, 6.45) is 1.76. The van der Waals surface area contributed by atoms with Crippen LogP contribution in [0, 0.1) is 28.5 Å². The van der Waals surface area contributed by atoms with Crippen molar-refractivity contribution in [3.63, 3.8) is 0 Å². The molecule has 2 atom stereocenters. The number of carbonyl (C=O) groups excluding carboxylic acids is 1. The summed E-state index contributed by atoms with van der Waals surface area (Å²) in [5.74, 6) is -0.156. The lowest BCUT2D eigenvalue weighted by molar-refractivity contribution is -0.122. The fraction of sp³-hybridized carbons (Fsp3) is 0.429. The molecule has 1 heterocycles. The van der Waals surface area contributed by atoms with Crippen LogP contribution in [0.25, 0.3) is 0 Å². The quantitative estimate of drug-likeness (QED) is 0.848. The van der Waals surface area contributed by atoms with E-state index < -0.39 is 5.82 Å². The fourth-order valence-corrected chi connectivity index (χ4v) is 2.88. The van der Waals surface area contributed by atoms with Gasteiger partial charge in [-0.1, -0.05) is 0 Å². The summed E-state index contributed by atoms with van der Waals surface area (Å²) in [5.41, 5.74) is 0.196. The topological polar surface area (TPSA) is 64.9 Å². The number of halogens is 1. The van der Waals surface area contributed by atoms with Crippen molar-refractivity contribution in [1.29, 1.82) is 5.26 Å². The summed E-state index contributed by atoms with van der Waals surface area (Å²) < 4.78 is 13.2. The van der Waals surface area contributed by atoms with Crippen LogP contribution < -0.4 is 10.6 Å². The lowest BCUT2D eigenvalue weighted by Gasteiger charge is -2.22. The Hall–Kier alpha value is -1.93. The molecule has 98 valence electrons. The van der Waals surface area contributed by atoms with Crippen molar-refractivity contribution in [2.45, 2.75) is 12.8 Å².